The van der Waals surface area contributed by atoms with Crippen molar-refractivity contribution < 1.29 is 19.1 Å². The van der Waals surface area contributed by atoms with Crippen LogP contribution in [0.1, 0.15) is 22.3 Å². The van der Waals surface area contributed by atoms with Crippen LogP contribution in [-0.4, -0.2) is 38.1 Å². The Hall–Kier alpha value is -2.73. The first-order valence-electron chi connectivity index (χ1n) is 9.39. The molecule has 0 saturated carbocycles. The molecule has 7 heteroatoms. The third-order valence-electron chi connectivity index (χ3n) is 4.24. The van der Waals surface area contributed by atoms with Gasteiger partial charge >= 0.3 is 0 Å². The van der Waals surface area contributed by atoms with E-state index in [0.717, 1.165) is 22.3 Å². The molecule has 0 aliphatic heterocycles. The van der Waals surface area contributed by atoms with E-state index in [1.807, 2.05) is 45.9 Å². The number of nitrogens with one attached hydrogen (secondary N) is 2. The lowest BCUT2D eigenvalue weighted by Crippen LogP contribution is -2.38. The van der Waals surface area contributed by atoms with Gasteiger partial charge in [0, 0.05) is 18.1 Å². The summed E-state index contributed by atoms with van der Waals surface area (Å²) in [5.41, 5.74) is 3.91. The molecular formula is C22H27ClN2O4. The standard InChI is InChI=1S/C22H27ClN2O4/c1-14-5-6-19(15(2)9-14)29-13-21(27)25-8-7-24-20(26)12-28-18-10-16(3)22(23)17(4)11-18/h5-6,9-11H,7-8,12-13H2,1-4H3,(H,24,26)(H,25,27). The lowest BCUT2D eigenvalue weighted by Gasteiger charge is -2.11. The summed E-state index contributed by atoms with van der Waals surface area (Å²) in [4.78, 5) is 23.7. The molecule has 2 aromatic carbocycles. The van der Waals surface area contributed by atoms with Crippen LogP contribution < -0.4 is 20.1 Å². The van der Waals surface area contributed by atoms with Gasteiger partial charge in [-0.15, -0.1) is 0 Å². The molecule has 0 aliphatic carbocycles. The predicted molar refractivity (Wildman–Crippen MR) is 114 cm³/mol. The quantitative estimate of drug-likeness (QED) is 0.613. The first-order chi connectivity index (χ1) is 13.8. The average Bonchev–Trinajstić information content (AvgIpc) is 2.67. The van der Waals surface area contributed by atoms with Crippen LogP contribution in [0.25, 0.3) is 0 Å². The highest BCUT2D eigenvalue weighted by Crippen LogP contribution is 2.25. The summed E-state index contributed by atoms with van der Waals surface area (Å²) in [5, 5.41) is 6.09. The number of ether oxygens (including phenoxy) is 2. The average molecular weight is 419 g/mol. The van der Waals surface area contributed by atoms with Crippen LogP contribution in [0, 0.1) is 27.7 Å². The SMILES string of the molecule is Cc1ccc(OCC(=O)NCCNC(=O)COc2cc(C)c(Cl)c(C)c2)c(C)c1. The van der Waals surface area contributed by atoms with Crippen molar-refractivity contribution >= 4 is 23.4 Å². The summed E-state index contributed by atoms with van der Waals surface area (Å²) in [5.74, 6) is 0.763. The van der Waals surface area contributed by atoms with Gasteiger partial charge in [-0.25, -0.2) is 0 Å². The minimum Gasteiger partial charge on any atom is -0.484 e. The van der Waals surface area contributed by atoms with E-state index in [9.17, 15) is 9.59 Å². The second-order valence-electron chi connectivity index (χ2n) is 6.92. The molecule has 0 radical (unpaired) electrons. The second kappa shape index (κ2) is 10.7. The van der Waals surface area contributed by atoms with Crippen LogP contribution in [0.5, 0.6) is 11.5 Å². The van der Waals surface area contributed by atoms with Crippen molar-refractivity contribution in [2.24, 2.45) is 0 Å². The van der Waals surface area contributed by atoms with Crippen molar-refractivity contribution in [3.8, 4) is 11.5 Å². The zero-order valence-corrected chi connectivity index (χ0v) is 18.0. The molecule has 0 saturated heterocycles. The van der Waals surface area contributed by atoms with Gasteiger partial charge in [0.15, 0.2) is 13.2 Å². The van der Waals surface area contributed by atoms with Crippen LogP contribution in [0.2, 0.25) is 5.02 Å². The molecular weight excluding hydrogens is 392 g/mol. The van der Waals surface area contributed by atoms with Crippen molar-refractivity contribution in [1.29, 1.82) is 0 Å². The van der Waals surface area contributed by atoms with Crippen LogP contribution in [0.4, 0.5) is 0 Å². The van der Waals surface area contributed by atoms with E-state index in [2.05, 4.69) is 10.6 Å². The molecule has 0 aromatic heterocycles. The van der Waals surface area contributed by atoms with Gasteiger partial charge in [-0.05, 0) is 62.6 Å². The first-order valence-corrected chi connectivity index (χ1v) is 9.77. The maximum atomic E-state index is 11.9. The Morgan fingerprint density at radius 2 is 1.38 bits per heavy atom. The molecule has 0 atom stereocenters. The lowest BCUT2D eigenvalue weighted by atomic mass is 10.1. The van der Waals surface area contributed by atoms with Crippen LogP contribution in [0.3, 0.4) is 0 Å². The number of hydrogen-bond acceptors (Lipinski definition) is 4. The highest BCUT2D eigenvalue weighted by atomic mass is 35.5. The largest absolute Gasteiger partial charge is 0.484 e. The Labute approximate surface area is 176 Å². The fourth-order valence-electron chi connectivity index (χ4n) is 2.75. The van der Waals surface area contributed by atoms with Gasteiger partial charge in [-0.1, -0.05) is 29.3 Å². The summed E-state index contributed by atoms with van der Waals surface area (Å²) in [6.07, 6.45) is 0. The van der Waals surface area contributed by atoms with E-state index in [1.165, 1.54) is 0 Å². The number of amides is 2. The van der Waals surface area contributed by atoms with Crippen molar-refractivity contribution in [3.63, 3.8) is 0 Å². The molecule has 2 rings (SSSR count). The third kappa shape index (κ3) is 7.31. The molecule has 156 valence electrons. The number of hydrogen-bond donors (Lipinski definition) is 2. The highest BCUT2D eigenvalue weighted by Gasteiger charge is 2.08. The smallest absolute Gasteiger partial charge is 0.258 e. The normalized spacial score (nSPS) is 10.4. The topological polar surface area (TPSA) is 76.7 Å². The Bertz CT molecular complexity index is 860. The Morgan fingerprint density at radius 3 is 1.93 bits per heavy atom. The van der Waals surface area contributed by atoms with Crippen LogP contribution in [0.15, 0.2) is 30.3 Å². The van der Waals surface area contributed by atoms with Gasteiger partial charge in [0.05, 0.1) is 0 Å². The van der Waals surface area contributed by atoms with Crippen molar-refractivity contribution in [2.75, 3.05) is 26.3 Å². The molecule has 0 spiro atoms. The van der Waals surface area contributed by atoms with Gasteiger partial charge in [-0.3, -0.25) is 9.59 Å². The molecule has 0 fully saturated rings. The molecule has 0 bridgehead atoms. The van der Waals surface area contributed by atoms with E-state index >= 15 is 0 Å². The number of carbonyl (C=O) groups excluding carboxylic acids is 2. The van der Waals surface area contributed by atoms with Crippen molar-refractivity contribution in [2.45, 2.75) is 27.7 Å². The third-order valence-corrected chi connectivity index (χ3v) is 4.83. The maximum absolute atomic E-state index is 11.9. The zero-order chi connectivity index (χ0) is 21.4. The molecule has 0 aliphatic rings. The maximum Gasteiger partial charge on any atom is 0.258 e. The number of halogens is 1. The molecule has 29 heavy (non-hydrogen) atoms. The molecule has 2 amide bonds. The highest BCUT2D eigenvalue weighted by molar-refractivity contribution is 6.32. The summed E-state index contributed by atoms with van der Waals surface area (Å²) in [6, 6.07) is 9.36. The monoisotopic (exact) mass is 418 g/mol. The van der Waals surface area contributed by atoms with E-state index in [0.29, 0.717) is 29.6 Å². The Balaban J connectivity index is 1.63. The summed E-state index contributed by atoms with van der Waals surface area (Å²) in [7, 11) is 0. The van der Waals surface area contributed by atoms with Gasteiger partial charge in [0.2, 0.25) is 0 Å². The van der Waals surface area contributed by atoms with Crippen molar-refractivity contribution in [3.05, 3.63) is 57.6 Å². The minimum absolute atomic E-state index is 0.0732. The number of carbonyl (C=O) groups is 2. The predicted octanol–water partition coefficient (Wildman–Crippen LogP) is 3.26. The number of benzene rings is 2. The van der Waals surface area contributed by atoms with E-state index in [1.54, 1.807) is 12.1 Å². The van der Waals surface area contributed by atoms with Crippen LogP contribution >= 0.6 is 11.6 Å². The molecule has 2 aromatic rings. The van der Waals surface area contributed by atoms with Gasteiger partial charge in [0.1, 0.15) is 11.5 Å². The first kappa shape index (κ1) is 22.6. The fraction of sp³-hybridized carbons (Fsp3) is 0.364. The Kier molecular flexibility index (Phi) is 8.34. The molecule has 6 nitrogen and oxygen atoms in total. The number of aryl methyl sites for hydroxylation is 4. The van der Waals surface area contributed by atoms with Gasteiger partial charge in [-0.2, -0.15) is 0 Å². The molecule has 0 unspecified atom stereocenters. The van der Waals surface area contributed by atoms with E-state index in [4.69, 9.17) is 21.1 Å². The summed E-state index contributed by atoms with van der Waals surface area (Å²) < 4.78 is 11.0. The van der Waals surface area contributed by atoms with E-state index in [-0.39, 0.29) is 25.0 Å². The summed E-state index contributed by atoms with van der Waals surface area (Å²) >= 11 is 6.12. The van der Waals surface area contributed by atoms with E-state index < -0.39 is 0 Å². The van der Waals surface area contributed by atoms with Crippen molar-refractivity contribution in [1.82, 2.24) is 10.6 Å². The minimum atomic E-state index is -0.268. The van der Waals surface area contributed by atoms with Gasteiger partial charge < -0.3 is 20.1 Å². The number of rotatable bonds is 9. The zero-order valence-electron chi connectivity index (χ0n) is 17.2. The Morgan fingerprint density at radius 1 is 0.828 bits per heavy atom. The summed E-state index contributed by atoms with van der Waals surface area (Å²) in [6.45, 7) is 8.13. The lowest BCUT2D eigenvalue weighted by molar-refractivity contribution is -0.124. The second-order valence-corrected chi connectivity index (χ2v) is 7.30. The van der Waals surface area contributed by atoms with Crippen LogP contribution in [-0.2, 0) is 9.59 Å². The fourth-order valence-corrected chi connectivity index (χ4v) is 2.86. The van der Waals surface area contributed by atoms with Gasteiger partial charge in [0.25, 0.3) is 11.8 Å². The molecule has 2 N–H and O–H groups in total. The molecule has 0 heterocycles.